The minimum Gasteiger partial charge on any atom is -0.462 e. The van der Waals surface area contributed by atoms with Crippen LogP contribution < -0.4 is 0 Å². The zero-order chi connectivity index (χ0) is 16.6. The van der Waals surface area contributed by atoms with E-state index in [0.29, 0.717) is 11.2 Å². The number of rotatable bonds is 3. The van der Waals surface area contributed by atoms with Gasteiger partial charge in [0.2, 0.25) is 0 Å². The number of esters is 1. The van der Waals surface area contributed by atoms with Crippen LogP contribution in [0.3, 0.4) is 0 Å². The molecule has 3 rings (SSSR count). The van der Waals surface area contributed by atoms with E-state index in [9.17, 15) is 18.0 Å². The number of carbonyl (C=O) groups excluding carboxylic acids is 1. The average Bonchev–Trinajstić information content (AvgIpc) is 3.12. The maximum Gasteiger partial charge on any atom is 0.417 e. The first kappa shape index (κ1) is 15.5. The van der Waals surface area contributed by atoms with Crippen LogP contribution in [0.25, 0.3) is 15.9 Å². The Morgan fingerprint density at radius 2 is 2.04 bits per heavy atom. The number of halogens is 3. The van der Waals surface area contributed by atoms with Crippen molar-refractivity contribution in [1.29, 1.82) is 0 Å². The number of ether oxygens (including phenoxy) is 1. The lowest BCUT2D eigenvalue weighted by atomic mass is 10.2. The van der Waals surface area contributed by atoms with Crippen molar-refractivity contribution in [2.75, 3.05) is 6.61 Å². The maximum atomic E-state index is 12.8. The summed E-state index contributed by atoms with van der Waals surface area (Å²) in [5.41, 5.74) is -0.0786. The van der Waals surface area contributed by atoms with Gasteiger partial charge in [0.1, 0.15) is 10.4 Å². The Kier molecular flexibility index (Phi) is 3.85. The summed E-state index contributed by atoms with van der Waals surface area (Å²) in [4.78, 5) is 16.3. The van der Waals surface area contributed by atoms with Gasteiger partial charge in [-0.3, -0.25) is 4.98 Å². The third kappa shape index (κ3) is 2.81. The summed E-state index contributed by atoms with van der Waals surface area (Å²) < 4.78 is 45.5. The number of pyridine rings is 1. The first-order chi connectivity index (χ1) is 10.9. The van der Waals surface area contributed by atoms with E-state index in [-0.39, 0.29) is 16.2 Å². The van der Waals surface area contributed by atoms with Crippen LogP contribution in [0, 0.1) is 0 Å². The molecule has 3 aromatic rings. The molecule has 23 heavy (non-hydrogen) atoms. The van der Waals surface area contributed by atoms with Crippen LogP contribution in [0.5, 0.6) is 0 Å². The second-order valence-electron chi connectivity index (χ2n) is 4.66. The number of fused-ring (bicyclic) bond motifs is 1. The van der Waals surface area contributed by atoms with Gasteiger partial charge in [-0.1, -0.05) is 0 Å². The van der Waals surface area contributed by atoms with E-state index >= 15 is 0 Å². The standard InChI is InChI=1S/C15H11F3N2O2S/c1-2-22-14(21)13-12(20-5-3-4-6-20)11-10(23-13)7-9(8-19-11)15(16,17)18/h3-8H,2H2,1H3. The molecule has 3 heterocycles. The molecule has 0 N–H and O–H groups in total. The van der Waals surface area contributed by atoms with Gasteiger partial charge in [-0.05, 0) is 25.1 Å². The molecule has 0 spiro atoms. The number of carbonyl (C=O) groups is 1. The van der Waals surface area contributed by atoms with Crippen molar-refractivity contribution in [2.45, 2.75) is 13.1 Å². The smallest absolute Gasteiger partial charge is 0.417 e. The zero-order valence-corrected chi connectivity index (χ0v) is 12.7. The first-order valence-corrected chi connectivity index (χ1v) is 7.53. The molecule has 3 aromatic heterocycles. The lowest BCUT2D eigenvalue weighted by Crippen LogP contribution is -2.06. The van der Waals surface area contributed by atoms with Gasteiger partial charge in [-0.15, -0.1) is 11.3 Å². The van der Waals surface area contributed by atoms with Crippen molar-refractivity contribution in [1.82, 2.24) is 9.55 Å². The fraction of sp³-hybridized carbons (Fsp3) is 0.200. The highest BCUT2D eigenvalue weighted by Gasteiger charge is 2.32. The average molecular weight is 340 g/mol. The van der Waals surface area contributed by atoms with Gasteiger partial charge in [-0.2, -0.15) is 13.2 Å². The lowest BCUT2D eigenvalue weighted by Gasteiger charge is -2.07. The Balaban J connectivity index is 2.24. The molecule has 0 unspecified atom stereocenters. The molecule has 0 aliphatic carbocycles. The summed E-state index contributed by atoms with van der Waals surface area (Å²) in [5, 5.41) is 0. The van der Waals surface area contributed by atoms with E-state index in [1.807, 2.05) is 0 Å². The molecule has 0 aliphatic heterocycles. The second kappa shape index (κ2) is 5.69. The van der Waals surface area contributed by atoms with Gasteiger partial charge in [0, 0.05) is 18.6 Å². The topological polar surface area (TPSA) is 44.1 Å². The molecule has 0 aromatic carbocycles. The van der Waals surface area contributed by atoms with Crippen molar-refractivity contribution < 1.29 is 22.7 Å². The highest BCUT2D eigenvalue weighted by molar-refractivity contribution is 7.21. The SMILES string of the molecule is CCOC(=O)c1sc2cc(C(F)(F)F)cnc2c1-n1cccc1. The van der Waals surface area contributed by atoms with Crippen molar-refractivity contribution >= 4 is 27.5 Å². The molecule has 0 atom stereocenters. The van der Waals surface area contributed by atoms with E-state index in [2.05, 4.69) is 4.98 Å². The zero-order valence-electron chi connectivity index (χ0n) is 11.9. The molecule has 0 bridgehead atoms. The number of hydrogen-bond acceptors (Lipinski definition) is 4. The largest absolute Gasteiger partial charge is 0.462 e. The van der Waals surface area contributed by atoms with Crippen molar-refractivity contribution in [3.63, 3.8) is 0 Å². The first-order valence-electron chi connectivity index (χ1n) is 6.72. The summed E-state index contributed by atoms with van der Waals surface area (Å²) in [6.45, 7) is 1.85. The third-order valence-corrected chi connectivity index (χ3v) is 4.25. The fourth-order valence-electron chi connectivity index (χ4n) is 2.18. The summed E-state index contributed by atoms with van der Waals surface area (Å²) in [6.07, 6.45) is -0.312. The minimum atomic E-state index is -4.48. The fourth-order valence-corrected chi connectivity index (χ4v) is 3.27. The van der Waals surface area contributed by atoms with Crippen LogP contribution in [-0.4, -0.2) is 22.1 Å². The maximum absolute atomic E-state index is 12.8. The van der Waals surface area contributed by atoms with Crippen LogP contribution in [0.4, 0.5) is 13.2 Å². The molecule has 0 saturated heterocycles. The van der Waals surface area contributed by atoms with Crippen LogP contribution >= 0.6 is 11.3 Å². The number of nitrogens with zero attached hydrogens (tertiary/aromatic N) is 2. The molecular formula is C15H11F3N2O2S. The summed E-state index contributed by atoms with van der Waals surface area (Å²) in [7, 11) is 0. The molecular weight excluding hydrogens is 329 g/mol. The Morgan fingerprint density at radius 3 is 2.65 bits per heavy atom. The highest BCUT2D eigenvalue weighted by atomic mass is 32.1. The van der Waals surface area contributed by atoms with Gasteiger partial charge in [0.05, 0.1) is 22.6 Å². The van der Waals surface area contributed by atoms with Gasteiger partial charge in [0.25, 0.3) is 0 Å². The molecule has 4 nitrogen and oxygen atoms in total. The Bertz CT molecular complexity index is 854. The Morgan fingerprint density at radius 1 is 1.35 bits per heavy atom. The molecule has 0 radical (unpaired) electrons. The molecule has 0 fully saturated rings. The predicted octanol–water partition coefficient (Wildman–Crippen LogP) is 4.28. The van der Waals surface area contributed by atoms with Crippen LogP contribution in [0.15, 0.2) is 36.8 Å². The third-order valence-electron chi connectivity index (χ3n) is 3.15. The molecule has 8 heteroatoms. The van der Waals surface area contributed by atoms with Gasteiger partial charge in [-0.25, -0.2) is 4.79 Å². The van der Waals surface area contributed by atoms with E-state index in [1.54, 1.807) is 36.0 Å². The normalized spacial score (nSPS) is 11.8. The molecule has 0 amide bonds. The lowest BCUT2D eigenvalue weighted by molar-refractivity contribution is -0.137. The van der Waals surface area contributed by atoms with Gasteiger partial charge < -0.3 is 9.30 Å². The van der Waals surface area contributed by atoms with Crippen LogP contribution in [-0.2, 0) is 10.9 Å². The predicted molar refractivity (Wildman–Crippen MR) is 79.9 cm³/mol. The summed E-state index contributed by atoms with van der Waals surface area (Å²) >= 11 is 0.943. The monoisotopic (exact) mass is 340 g/mol. The van der Waals surface area contributed by atoms with Crippen molar-refractivity contribution in [2.24, 2.45) is 0 Å². The Labute approximate surface area is 133 Å². The Hall–Kier alpha value is -2.35. The molecule has 120 valence electrons. The number of thiophene rings is 1. The number of alkyl halides is 3. The second-order valence-corrected chi connectivity index (χ2v) is 5.71. The number of aromatic nitrogens is 2. The van der Waals surface area contributed by atoms with E-state index in [1.165, 1.54) is 0 Å². The highest BCUT2D eigenvalue weighted by Crippen LogP contribution is 2.37. The van der Waals surface area contributed by atoms with Crippen molar-refractivity contribution in [3.8, 4) is 5.69 Å². The quantitative estimate of drug-likeness (QED) is 0.668. The minimum absolute atomic E-state index is 0.180. The van der Waals surface area contributed by atoms with Gasteiger partial charge in [0.15, 0.2) is 0 Å². The van der Waals surface area contributed by atoms with Crippen LogP contribution in [0.1, 0.15) is 22.2 Å². The van der Waals surface area contributed by atoms with E-state index in [4.69, 9.17) is 4.74 Å². The van der Waals surface area contributed by atoms with Crippen molar-refractivity contribution in [3.05, 3.63) is 47.2 Å². The number of hydrogen-bond donors (Lipinski definition) is 0. The van der Waals surface area contributed by atoms with Gasteiger partial charge >= 0.3 is 12.1 Å². The molecule has 0 saturated carbocycles. The molecule has 0 aliphatic rings. The summed E-state index contributed by atoms with van der Waals surface area (Å²) in [5.74, 6) is -0.576. The van der Waals surface area contributed by atoms with E-state index in [0.717, 1.165) is 23.6 Å². The summed E-state index contributed by atoms with van der Waals surface area (Å²) in [6, 6.07) is 4.51. The van der Waals surface area contributed by atoms with E-state index < -0.39 is 17.7 Å². The van der Waals surface area contributed by atoms with Crippen LogP contribution in [0.2, 0.25) is 0 Å².